The smallest absolute Gasteiger partial charge is 0.248 e. The van der Waals surface area contributed by atoms with Crippen molar-refractivity contribution in [3.8, 4) is 0 Å². The Morgan fingerprint density at radius 3 is 2.40 bits per heavy atom. The molecule has 0 aromatic heterocycles. The van der Waals surface area contributed by atoms with Gasteiger partial charge in [0.1, 0.15) is 0 Å². The van der Waals surface area contributed by atoms with Crippen LogP contribution in [0.1, 0.15) is 21.5 Å². The Kier molecular flexibility index (Phi) is 5.06. The van der Waals surface area contributed by atoms with Gasteiger partial charge in [-0.15, -0.1) is 0 Å². The topological polar surface area (TPSA) is 81.4 Å². The van der Waals surface area contributed by atoms with E-state index in [0.717, 1.165) is 21.9 Å². The zero-order valence-electron chi connectivity index (χ0n) is 13.6. The van der Waals surface area contributed by atoms with Crippen LogP contribution >= 0.6 is 0 Å². The average Bonchev–Trinajstić information content (AvgIpc) is 2.62. The number of carbonyl (C=O) groups is 2. The molecule has 0 aliphatic carbocycles. The number of amides is 2. The highest BCUT2D eigenvalue weighted by Gasteiger charge is 2.07. The lowest BCUT2D eigenvalue weighted by molar-refractivity contribution is -0.133. The summed E-state index contributed by atoms with van der Waals surface area (Å²) in [5, 5.41) is 2.16. The van der Waals surface area contributed by atoms with E-state index in [1.54, 1.807) is 24.3 Å². The summed E-state index contributed by atoms with van der Waals surface area (Å²) in [6.07, 6.45) is 0.238. The maximum Gasteiger partial charge on any atom is 0.248 e. The van der Waals surface area contributed by atoms with Crippen LogP contribution in [0.2, 0.25) is 0 Å². The summed E-state index contributed by atoms with van der Waals surface area (Å²) in [6.45, 7) is 0.209. The second-order valence-electron chi connectivity index (χ2n) is 5.69. The van der Waals surface area contributed by atoms with Crippen molar-refractivity contribution in [1.82, 2.24) is 5.48 Å². The third kappa shape index (κ3) is 4.22. The molecule has 0 saturated heterocycles. The van der Waals surface area contributed by atoms with E-state index in [1.807, 2.05) is 42.5 Å². The van der Waals surface area contributed by atoms with E-state index in [2.05, 4.69) is 5.48 Å². The van der Waals surface area contributed by atoms with Crippen LogP contribution in [0.25, 0.3) is 10.8 Å². The molecule has 25 heavy (non-hydrogen) atoms. The van der Waals surface area contributed by atoms with Crippen LogP contribution in [0, 0.1) is 0 Å². The first kappa shape index (κ1) is 16.7. The Morgan fingerprint density at radius 1 is 0.920 bits per heavy atom. The summed E-state index contributed by atoms with van der Waals surface area (Å²) in [7, 11) is 0. The number of benzene rings is 3. The van der Waals surface area contributed by atoms with Crippen molar-refractivity contribution in [3.05, 3.63) is 83.4 Å². The zero-order valence-corrected chi connectivity index (χ0v) is 13.6. The van der Waals surface area contributed by atoms with Gasteiger partial charge in [-0.2, -0.15) is 0 Å². The molecule has 2 amide bonds. The van der Waals surface area contributed by atoms with Gasteiger partial charge < -0.3 is 5.73 Å². The van der Waals surface area contributed by atoms with Crippen molar-refractivity contribution >= 4 is 22.6 Å². The molecule has 0 saturated carbocycles. The standard InChI is InChI=1S/C20H18N2O3/c21-20(24)16-10-8-14(9-11-16)13-25-22-19(23)12-17-6-3-5-15-4-1-2-7-18(15)17/h1-11H,12-13H2,(H2,21,24)(H,22,23). The normalized spacial score (nSPS) is 10.6. The highest BCUT2D eigenvalue weighted by molar-refractivity contribution is 5.92. The first-order chi connectivity index (χ1) is 12.1. The lowest BCUT2D eigenvalue weighted by Crippen LogP contribution is -2.25. The molecule has 0 radical (unpaired) electrons. The lowest BCUT2D eigenvalue weighted by Gasteiger charge is -2.08. The molecule has 0 fully saturated rings. The van der Waals surface area contributed by atoms with Gasteiger partial charge in [-0.1, -0.05) is 54.6 Å². The van der Waals surface area contributed by atoms with Crippen molar-refractivity contribution in [2.75, 3.05) is 0 Å². The molecular formula is C20H18N2O3. The largest absolute Gasteiger partial charge is 0.366 e. The molecule has 3 rings (SSSR count). The number of carbonyl (C=O) groups excluding carboxylic acids is 2. The third-order valence-corrected chi connectivity index (χ3v) is 3.89. The van der Waals surface area contributed by atoms with E-state index in [9.17, 15) is 9.59 Å². The molecule has 3 N–H and O–H groups in total. The lowest BCUT2D eigenvalue weighted by atomic mass is 10.0. The van der Waals surface area contributed by atoms with Gasteiger partial charge in [0.05, 0.1) is 13.0 Å². The van der Waals surface area contributed by atoms with Gasteiger partial charge in [0, 0.05) is 5.56 Å². The number of hydrogen-bond donors (Lipinski definition) is 2. The van der Waals surface area contributed by atoms with Gasteiger partial charge in [-0.3, -0.25) is 14.4 Å². The fourth-order valence-corrected chi connectivity index (χ4v) is 2.62. The summed E-state index contributed by atoms with van der Waals surface area (Å²) in [5.74, 6) is -0.694. The molecule has 3 aromatic carbocycles. The minimum Gasteiger partial charge on any atom is -0.366 e. The van der Waals surface area contributed by atoms with Crippen LogP contribution in [0.4, 0.5) is 0 Å². The Bertz CT molecular complexity index is 899. The number of fused-ring (bicyclic) bond motifs is 1. The zero-order chi connectivity index (χ0) is 17.6. The van der Waals surface area contributed by atoms with Crippen LogP contribution in [-0.2, 0) is 22.7 Å². The van der Waals surface area contributed by atoms with E-state index in [1.165, 1.54) is 0 Å². The Morgan fingerprint density at radius 2 is 1.64 bits per heavy atom. The second-order valence-corrected chi connectivity index (χ2v) is 5.69. The van der Waals surface area contributed by atoms with Crippen molar-refractivity contribution < 1.29 is 14.4 Å². The SMILES string of the molecule is NC(=O)c1ccc(CONC(=O)Cc2cccc3ccccc23)cc1. The quantitative estimate of drug-likeness (QED) is 0.680. The molecule has 3 aromatic rings. The average molecular weight is 334 g/mol. The van der Waals surface area contributed by atoms with Crippen LogP contribution in [0.15, 0.2) is 66.7 Å². The molecular weight excluding hydrogens is 316 g/mol. The number of nitrogens with two attached hydrogens (primary N) is 1. The molecule has 0 unspecified atom stereocenters. The number of hydroxylamine groups is 1. The minimum atomic E-state index is -0.476. The van der Waals surface area contributed by atoms with Crippen molar-refractivity contribution in [1.29, 1.82) is 0 Å². The Balaban J connectivity index is 1.55. The number of nitrogens with one attached hydrogen (secondary N) is 1. The second kappa shape index (κ2) is 7.59. The fraction of sp³-hybridized carbons (Fsp3) is 0.100. The van der Waals surface area contributed by atoms with Crippen LogP contribution in [-0.4, -0.2) is 11.8 Å². The van der Waals surface area contributed by atoms with Gasteiger partial charge in [-0.25, -0.2) is 5.48 Å². The summed E-state index contributed by atoms with van der Waals surface area (Å²) in [4.78, 5) is 28.4. The maximum atomic E-state index is 12.1. The molecule has 0 aliphatic rings. The Hall–Kier alpha value is -3.18. The molecule has 0 aliphatic heterocycles. The van der Waals surface area contributed by atoms with Crippen LogP contribution in [0.3, 0.4) is 0 Å². The summed E-state index contributed by atoms with van der Waals surface area (Å²) < 4.78 is 0. The van der Waals surface area contributed by atoms with Gasteiger partial charge in [0.2, 0.25) is 11.8 Å². The Labute approximate surface area is 145 Å². The molecule has 0 heterocycles. The first-order valence-corrected chi connectivity index (χ1v) is 7.89. The predicted octanol–water partition coefficient (Wildman–Crippen LogP) is 2.73. The molecule has 5 nitrogen and oxygen atoms in total. The number of rotatable bonds is 6. The third-order valence-electron chi connectivity index (χ3n) is 3.89. The van der Waals surface area contributed by atoms with E-state index in [0.29, 0.717) is 5.56 Å². The van der Waals surface area contributed by atoms with Gasteiger partial charge in [0.15, 0.2) is 0 Å². The number of hydrogen-bond acceptors (Lipinski definition) is 3. The van der Waals surface area contributed by atoms with E-state index in [-0.39, 0.29) is 18.9 Å². The van der Waals surface area contributed by atoms with Crippen molar-refractivity contribution in [2.45, 2.75) is 13.0 Å². The van der Waals surface area contributed by atoms with Crippen molar-refractivity contribution in [3.63, 3.8) is 0 Å². The van der Waals surface area contributed by atoms with Gasteiger partial charge in [-0.05, 0) is 34.0 Å². The minimum absolute atomic E-state index is 0.209. The van der Waals surface area contributed by atoms with Gasteiger partial charge >= 0.3 is 0 Å². The molecule has 5 heteroatoms. The van der Waals surface area contributed by atoms with Crippen LogP contribution in [0.5, 0.6) is 0 Å². The summed E-state index contributed by atoms with van der Waals surface area (Å²) in [5.41, 5.74) is 9.85. The van der Waals surface area contributed by atoms with E-state index < -0.39 is 5.91 Å². The first-order valence-electron chi connectivity index (χ1n) is 7.89. The maximum absolute atomic E-state index is 12.1. The molecule has 0 atom stereocenters. The summed E-state index contributed by atoms with van der Waals surface area (Å²) in [6, 6.07) is 20.5. The fourth-order valence-electron chi connectivity index (χ4n) is 2.62. The summed E-state index contributed by atoms with van der Waals surface area (Å²) >= 11 is 0. The molecule has 0 bridgehead atoms. The highest BCUT2D eigenvalue weighted by Crippen LogP contribution is 2.18. The van der Waals surface area contributed by atoms with Crippen LogP contribution < -0.4 is 11.2 Å². The van der Waals surface area contributed by atoms with Gasteiger partial charge in [0.25, 0.3) is 0 Å². The predicted molar refractivity (Wildman–Crippen MR) is 95.5 cm³/mol. The highest BCUT2D eigenvalue weighted by atomic mass is 16.6. The van der Waals surface area contributed by atoms with E-state index in [4.69, 9.17) is 10.6 Å². The molecule has 126 valence electrons. The van der Waals surface area contributed by atoms with Crippen molar-refractivity contribution in [2.24, 2.45) is 5.73 Å². The van der Waals surface area contributed by atoms with E-state index >= 15 is 0 Å². The monoisotopic (exact) mass is 334 g/mol. The molecule has 0 spiro atoms. The number of primary amides is 1.